The molecule has 0 aromatic heterocycles. The van der Waals surface area contributed by atoms with Crippen molar-refractivity contribution in [2.45, 2.75) is 6.92 Å². The van der Waals surface area contributed by atoms with Crippen molar-refractivity contribution in [3.8, 4) is 0 Å². The molecule has 2 nitrogen and oxygen atoms in total. The van der Waals surface area contributed by atoms with Crippen LogP contribution in [0.15, 0.2) is 36.4 Å². The van der Waals surface area contributed by atoms with E-state index in [1.807, 2.05) is 0 Å². The van der Waals surface area contributed by atoms with E-state index in [4.69, 9.17) is 11.6 Å². The zero-order valence-corrected chi connectivity index (χ0v) is 10.8. The maximum Gasteiger partial charge on any atom is 0.258 e. The Hall–Kier alpha value is -1.94. The smallest absolute Gasteiger partial charge is 0.258 e. The van der Waals surface area contributed by atoms with E-state index in [1.165, 1.54) is 0 Å². The number of benzene rings is 2. The first-order valence-electron chi connectivity index (χ1n) is 5.50. The van der Waals surface area contributed by atoms with Gasteiger partial charge in [0.1, 0.15) is 11.6 Å². The molecule has 0 atom stereocenters. The van der Waals surface area contributed by atoms with Gasteiger partial charge in [0, 0.05) is 16.8 Å². The zero-order valence-electron chi connectivity index (χ0n) is 10.0. The molecule has 2 rings (SSSR count). The number of halogens is 3. The van der Waals surface area contributed by atoms with Crippen LogP contribution in [0, 0.1) is 18.6 Å². The standard InChI is InChI=1S/C14H10ClF2NO/c1-8-11(15)3-2-4-13(8)18-14(19)10-6-5-9(16)7-12(10)17/h2-7H,1H3,(H,18,19). The van der Waals surface area contributed by atoms with E-state index >= 15 is 0 Å². The summed E-state index contributed by atoms with van der Waals surface area (Å²) in [5, 5.41) is 3.04. The highest BCUT2D eigenvalue weighted by Crippen LogP contribution is 2.23. The summed E-state index contributed by atoms with van der Waals surface area (Å²) in [4.78, 5) is 11.9. The van der Waals surface area contributed by atoms with Crippen LogP contribution in [0.4, 0.5) is 14.5 Å². The van der Waals surface area contributed by atoms with Crippen LogP contribution in [0.5, 0.6) is 0 Å². The molecule has 0 heterocycles. The Kier molecular flexibility index (Phi) is 3.81. The van der Waals surface area contributed by atoms with Crippen LogP contribution in [0.25, 0.3) is 0 Å². The Morgan fingerprint density at radius 1 is 1.21 bits per heavy atom. The molecule has 0 aliphatic heterocycles. The molecule has 5 heteroatoms. The Morgan fingerprint density at radius 3 is 2.63 bits per heavy atom. The molecule has 98 valence electrons. The molecule has 0 aliphatic rings. The second kappa shape index (κ2) is 5.36. The topological polar surface area (TPSA) is 29.1 Å². The van der Waals surface area contributed by atoms with Crippen molar-refractivity contribution in [2.75, 3.05) is 5.32 Å². The fourth-order valence-corrected chi connectivity index (χ4v) is 1.78. The fraction of sp³-hybridized carbons (Fsp3) is 0.0714. The van der Waals surface area contributed by atoms with E-state index in [0.29, 0.717) is 22.3 Å². The van der Waals surface area contributed by atoms with E-state index in [2.05, 4.69) is 5.32 Å². The molecular weight excluding hydrogens is 272 g/mol. The second-order valence-electron chi connectivity index (χ2n) is 3.99. The van der Waals surface area contributed by atoms with Gasteiger partial charge in [-0.2, -0.15) is 0 Å². The van der Waals surface area contributed by atoms with Crippen molar-refractivity contribution >= 4 is 23.2 Å². The van der Waals surface area contributed by atoms with Crippen LogP contribution in [-0.2, 0) is 0 Å². The lowest BCUT2D eigenvalue weighted by Crippen LogP contribution is -2.14. The van der Waals surface area contributed by atoms with Gasteiger partial charge in [-0.3, -0.25) is 4.79 Å². The van der Waals surface area contributed by atoms with Gasteiger partial charge in [0.2, 0.25) is 0 Å². The molecular formula is C14H10ClF2NO. The first-order valence-corrected chi connectivity index (χ1v) is 5.88. The van der Waals surface area contributed by atoms with Gasteiger partial charge in [0.25, 0.3) is 5.91 Å². The number of nitrogens with one attached hydrogen (secondary N) is 1. The Morgan fingerprint density at radius 2 is 1.95 bits per heavy atom. The highest BCUT2D eigenvalue weighted by atomic mass is 35.5. The highest BCUT2D eigenvalue weighted by Gasteiger charge is 2.14. The maximum absolute atomic E-state index is 13.5. The normalized spacial score (nSPS) is 10.3. The van der Waals surface area contributed by atoms with Gasteiger partial charge >= 0.3 is 0 Å². The van der Waals surface area contributed by atoms with Crippen molar-refractivity contribution in [1.29, 1.82) is 0 Å². The quantitative estimate of drug-likeness (QED) is 0.879. The third kappa shape index (κ3) is 2.90. The number of anilines is 1. The van der Waals surface area contributed by atoms with Crippen LogP contribution in [0.1, 0.15) is 15.9 Å². The number of carbonyl (C=O) groups is 1. The number of carbonyl (C=O) groups excluding carboxylic acids is 1. The summed E-state index contributed by atoms with van der Waals surface area (Å²) in [5.41, 5.74) is 0.946. The molecule has 2 aromatic carbocycles. The molecule has 1 amide bonds. The van der Waals surface area contributed by atoms with Crippen LogP contribution >= 0.6 is 11.6 Å². The van der Waals surface area contributed by atoms with Gasteiger partial charge in [0.15, 0.2) is 0 Å². The van der Waals surface area contributed by atoms with Gasteiger partial charge in [-0.15, -0.1) is 0 Å². The third-order valence-electron chi connectivity index (χ3n) is 2.69. The minimum atomic E-state index is -0.905. The molecule has 0 saturated heterocycles. The van der Waals surface area contributed by atoms with Gasteiger partial charge in [-0.05, 0) is 36.8 Å². The molecule has 0 unspecified atom stereocenters. The summed E-state index contributed by atoms with van der Waals surface area (Å²) >= 11 is 5.92. The van der Waals surface area contributed by atoms with Crippen LogP contribution in [0.3, 0.4) is 0 Å². The predicted molar refractivity (Wildman–Crippen MR) is 70.5 cm³/mol. The van der Waals surface area contributed by atoms with E-state index in [-0.39, 0.29) is 5.56 Å². The van der Waals surface area contributed by atoms with Crippen LogP contribution in [0.2, 0.25) is 5.02 Å². The Bertz CT molecular complexity index is 643. The average molecular weight is 282 g/mol. The number of hydrogen-bond donors (Lipinski definition) is 1. The van der Waals surface area contributed by atoms with E-state index in [0.717, 1.165) is 12.1 Å². The summed E-state index contributed by atoms with van der Waals surface area (Å²) in [7, 11) is 0. The first-order chi connectivity index (χ1) is 8.99. The van der Waals surface area contributed by atoms with Gasteiger partial charge in [-0.1, -0.05) is 17.7 Å². The summed E-state index contributed by atoms with van der Waals surface area (Å²) in [5.74, 6) is -2.28. The molecule has 0 radical (unpaired) electrons. The summed E-state index contributed by atoms with van der Waals surface area (Å²) in [6.45, 7) is 1.74. The van der Waals surface area contributed by atoms with Crippen molar-refractivity contribution in [3.63, 3.8) is 0 Å². The second-order valence-corrected chi connectivity index (χ2v) is 4.40. The number of rotatable bonds is 2. The molecule has 19 heavy (non-hydrogen) atoms. The molecule has 0 aliphatic carbocycles. The molecule has 2 aromatic rings. The van der Waals surface area contributed by atoms with Gasteiger partial charge in [0.05, 0.1) is 5.56 Å². The minimum absolute atomic E-state index is 0.222. The number of hydrogen-bond acceptors (Lipinski definition) is 1. The Balaban J connectivity index is 2.28. The fourth-order valence-electron chi connectivity index (χ4n) is 1.61. The third-order valence-corrected chi connectivity index (χ3v) is 3.10. The van der Waals surface area contributed by atoms with Crippen LogP contribution < -0.4 is 5.32 Å². The Labute approximate surface area is 114 Å². The zero-order chi connectivity index (χ0) is 14.0. The monoisotopic (exact) mass is 281 g/mol. The molecule has 0 saturated carbocycles. The number of amides is 1. The maximum atomic E-state index is 13.5. The SMILES string of the molecule is Cc1c(Cl)cccc1NC(=O)c1ccc(F)cc1F. The van der Waals surface area contributed by atoms with Gasteiger partial charge < -0.3 is 5.32 Å². The largest absolute Gasteiger partial charge is 0.322 e. The minimum Gasteiger partial charge on any atom is -0.322 e. The van der Waals surface area contributed by atoms with E-state index < -0.39 is 17.5 Å². The van der Waals surface area contributed by atoms with E-state index in [1.54, 1.807) is 25.1 Å². The van der Waals surface area contributed by atoms with Crippen LogP contribution in [-0.4, -0.2) is 5.91 Å². The van der Waals surface area contributed by atoms with Gasteiger partial charge in [-0.25, -0.2) is 8.78 Å². The average Bonchev–Trinajstić information content (AvgIpc) is 2.34. The highest BCUT2D eigenvalue weighted by molar-refractivity contribution is 6.31. The van der Waals surface area contributed by atoms with Crippen molar-refractivity contribution in [2.24, 2.45) is 0 Å². The predicted octanol–water partition coefficient (Wildman–Crippen LogP) is 4.18. The summed E-state index contributed by atoms with van der Waals surface area (Å²) < 4.78 is 26.2. The van der Waals surface area contributed by atoms with E-state index in [9.17, 15) is 13.6 Å². The molecule has 0 spiro atoms. The van der Waals surface area contributed by atoms with Crippen molar-refractivity contribution in [1.82, 2.24) is 0 Å². The van der Waals surface area contributed by atoms with Crippen molar-refractivity contribution in [3.05, 3.63) is 64.2 Å². The lowest BCUT2D eigenvalue weighted by atomic mass is 10.1. The summed E-state index contributed by atoms with van der Waals surface area (Å²) in [6.07, 6.45) is 0. The summed E-state index contributed by atoms with van der Waals surface area (Å²) in [6, 6.07) is 7.81. The molecule has 1 N–H and O–H groups in total. The first kappa shape index (κ1) is 13.5. The lowest BCUT2D eigenvalue weighted by Gasteiger charge is -2.10. The molecule has 0 bridgehead atoms. The van der Waals surface area contributed by atoms with Crippen molar-refractivity contribution < 1.29 is 13.6 Å². The lowest BCUT2D eigenvalue weighted by molar-refractivity contribution is 0.102. The molecule has 0 fully saturated rings.